The van der Waals surface area contributed by atoms with Crippen LogP contribution >= 0.6 is 23.2 Å². The normalized spacial score (nSPS) is 12.5. The van der Waals surface area contributed by atoms with Crippen molar-refractivity contribution >= 4 is 40.7 Å². The third-order valence-electron chi connectivity index (χ3n) is 3.79. The van der Waals surface area contributed by atoms with Crippen LogP contribution in [0.25, 0.3) is 6.08 Å². The number of benzene rings is 2. The minimum absolute atomic E-state index is 0.306. The summed E-state index contributed by atoms with van der Waals surface area (Å²) in [6.45, 7) is 2.72. The number of oxime groups is 2. The maximum absolute atomic E-state index is 6.16. The largest absolute Gasteiger partial charge is 0.399 e. The summed E-state index contributed by atoms with van der Waals surface area (Å²) in [5, 5.41) is 12.5. The second-order valence-corrected chi connectivity index (χ2v) is 6.70. The van der Waals surface area contributed by atoms with Crippen LogP contribution in [0.2, 0.25) is 10.0 Å². The van der Waals surface area contributed by atoms with E-state index < -0.39 is 0 Å². The third-order valence-corrected chi connectivity index (χ3v) is 4.45. The van der Waals surface area contributed by atoms with Crippen molar-refractivity contribution in [3.63, 3.8) is 0 Å². The van der Waals surface area contributed by atoms with Crippen molar-refractivity contribution in [1.82, 2.24) is 5.32 Å². The first kappa shape index (κ1) is 22.0. The number of likely N-dealkylation sites (N-methyl/N-ethyl adjacent to an activating group) is 1. The molecule has 0 spiro atoms. The van der Waals surface area contributed by atoms with Crippen LogP contribution in [0.1, 0.15) is 23.6 Å². The van der Waals surface area contributed by atoms with Gasteiger partial charge in [0.15, 0.2) is 0 Å². The van der Waals surface area contributed by atoms with E-state index in [0.29, 0.717) is 28.9 Å². The van der Waals surface area contributed by atoms with Gasteiger partial charge in [0, 0.05) is 33.3 Å². The SMILES string of the molecule is CNC/C(=N/OC)c1ccccc1CO/N=C(C)/C=C/c1c(Cl)cccc1Cl. The van der Waals surface area contributed by atoms with Gasteiger partial charge in [0.05, 0.1) is 5.71 Å². The van der Waals surface area contributed by atoms with Crippen molar-refractivity contribution in [2.45, 2.75) is 13.5 Å². The highest BCUT2D eigenvalue weighted by molar-refractivity contribution is 6.37. The fraction of sp³-hybridized carbons (Fsp3) is 0.238. The Labute approximate surface area is 175 Å². The molecule has 0 atom stereocenters. The van der Waals surface area contributed by atoms with Crippen molar-refractivity contribution in [1.29, 1.82) is 0 Å². The lowest BCUT2D eigenvalue weighted by Crippen LogP contribution is -2.21. The molecule has 0 bridgehead atoms. The van der Waals surface area contributed by atoms with E-state index in [1.165, 1.54) is 7.11 Å². The average Bonchev–Trinajstić information content (AvgIpc) is 2.68. The van der Waals surface area contributed by atoms with Crippen LogP contribution in [0.4, 0.5) is 0 Å². The molecule has 0 unspecified atom stereocenters. The van der Waals surface area contributed by atoms with Gasteiger partial charge >= 0.3 is 0 Å². The standard InChI is InChI=1S/C21H23Cl2N3O2/c1-15(11-12-18-19(22)9-6-10-20(18)23)25-28-14-16-7-4-5-8-17(16)21(13-24-2)26-27-3/h4-12,24H,13-14H2,1-3H3/b12-11+,25-15+,26-21-. The molecule has 0 aliphatic heterocycles. The topological polar surface area (TPSA) is 55.2 Å². The molecule has 2 rings (SSSR count). The summed E-state index contributed by atoms with van der Waals surface area (Å²) in [6, 6.07) is 13.2. The van der Waals surface area contributed by atoms with Gasteiger partial charge < -0.3 is 15.0 Å². The van der Waals surface area contributed by atoms with Crippen LogP contribution in [-0.2, 0) is 16.3 Å². The molecule has 0 heterocycles. The second kappa shape index (κ2) is 11.5. The lowest BCUT2D eigenvalue weighted by atomic mass is 10.0. The Morgan fingerprint density at radius 3 is 2.46 bits per heavy atom. The Hall–Kier alpha value is -2.34. The summed E-state index contributed by atoms with van der Waals surface area (Å²) in [5.74, 6) is 0. The molecule has 0 aliphatic carbocycles. The predicted molar refractivity (Wildman–Crippen MR) is 117 cm³/mol. The maximum atomic E-state index is 6.16. The zero-order valence-electron chi connectivity index (χ0n) is 16.1. The molecule has 28 heavy (non-hydrogen) atoms. The number of nitrogens with zero attached hydrogens (tertiary/aromatic N) is 2. The molecule has 0 aliphatic rings. The van der Waals surface area contributed by atoms with Gasteiger partial charge in [0.2, 0.25) is 0 Å². The Bertz CT molecular complexity index is 859. The van der Waals surface area contributed by atoms with Crippen LogP contribution in [-0.4, -0.2) is 32.1 Å². The van der Waals surface area contributed by atoms with E-state index >= 15 is 0 Å². The highest BCUT2D eigenvalue weighted by Crippen LogP contribution is 2.25. The van der Waals surface area contributed by atoms with Gasteiger partial charge in [-0.25, -0.2) is 0 Å². The Balaban J connectivity index is 2.08. The zero-order valence-corrected chi connectivity index (χ0v) is 17.6. The molecule has 0 radical (unpaired) electrons. The first-order valence-electron chi connectivity index (χ1n) is 8.68. The van der Waals surface area contributed by atoms with Gasteiger partial charge in [-0.15, -0.1) is 0 Å². The highest BCUT2D eigenvalue weighted by Gasteiger charge is 2.10. The Kier molecular flexibility index (Phi) is 9.01. The van der Waals surface area contributed by atoms with E-state index in [2.05, 4.69) is 15.6 Å². The summed E-state index contributed by atoms with van der Waals surface area (Å²) < 4.78 is 0. The second-order valence-electron chi connectivity index (χ2n) is 5.88. The minimum atomic E-state index is 0.306. The van der Waals surface area contributed by atoms with Gasteiger partial charge in [-0.05, 0) is 32.2 Å². The molecule has 0 aromatic heterocycles. The first-order chi connectivity index (χ1) is 13.6. The number of halogens is 2. The lowest BCUT2D eigenvalue weighted by Gasteiger charge is -2.10. The Morgan fingerprint density at radius 2 is 1.79 bits per heavy atom. The number of nitrogens with one attached hydrogen (secondary N) is 1. The number of rotatable bonds is 9. The molecule has 5 nitrogen and oxygen atoms in total. The van der Waals surface area contributed by atoms with E-state index in [4.69, 9.17) is 32.9 Å². The van der Waals surface area contributed by atoms with Gasteiger partial charge in [-0.2, -0.15) is 0 Å². The third kappa shape index (κ3) is 6.37. The average molecular weight is 420 g/mol. The molecule has 2 aromatic rings. The first-order valence-corrected chi connectivity index (χ1v) is 9.44. The van der Waals surface area contributed by atoms with Crippen molar-refractivity contribution in [2.24, 2.45) is 10.3 Å². The van der Waals surface area contributed by atoms with Crippen LogP contribution in [0.15, 0.2) is 58.9 Å². The maximum Gasteiger partial charge on any atom is 0.142 e. The lowest BCUT2D eigenvalue weighted by molar-refractivity contribution is 0.130. The summed E-state index contributed by atoms with van der Waals surface area (Å²) in [6.07, 6.45) is 3.62. The molecule has 0 fully saturated rings. The minimum Gasteiger partial charge on any atom is -0.399 e. The molecule has 148 valence electrons. The van der Waals surface area contributed by atoms with E-state index in [1.54, 1.807) is 24.3 Å². The highest BCUT2D eigenvalue weighted by atomic mass is 35.5. The molecule has 7 heteroatoms. The van der Waals surface area contributed by atoms with Crippen LogP contribution < -0.4 is 5.32 Å². The summed E-state index contributed by atoms with van der Waals surface area (Å²) in [5.41, 5.74) is 4.14. The van der Waals surface area contributed by atoms with E-state index in [0.717, 1.165) is 22.4 Å². The smallest absolute Gasteiger partial charge is 0.142 e. The van der Waals surface area contributed by atoms with Crippen molar-refractivity contribution in [3.8, 4) is 0 Å². The molecular formula is C21H23Cl2N3O2. The molecule has 0 saturated heterocycles. The molecule has 1 N–H and O–H groups in total. The zero-order chi connectivity index (χ0) is 20.4. The van der Waals surface area contributed by atoms with Crippen molar-refractivity contribution in [3.05, 3.63) is 75.3 Å². The molecule has 2 aromatic carbocycles. The van der Waals surface area contributed by atoms with Gasteiger partial charge in [-0.3, -0.25) is 0 Å². The van der Waals surface area contributed by atoms with Crippen LogP contribution in [0.3, 0.4) is 0 Å². The van der Waals surface area contributed by atoms with Gasteiger partial charge in [0.25, 0.3) is 0 Å². The van der Waals surface area contributed by atoms with E-state index in [1.807, 2.05) is 44.3 Å². The summed E-state index contributed by atoms with van der Waals surface area (Å²) in [7, 11) is 3.38. The van der Waals surface area contributed by atoms with E-state index in [-0.39, 0.29) is 0 Å². The predicted octanol–water partition coefficient (Wildman–Crippen LogP) is 5.17. The van der Waals surface area contributed by atoms with Gasteiger partial charge in [-0.1, -0.05) is 69.9 Å². The number of allylic oxidation sites excluding steroid dienone is 1. The quantitative estimate of drug-likeness (QED) is 0.450. The fourth-order valence-corrected chi connectivity index (χ4v) is 3.01. The summed E-state index contributed by atoms with van der Waals surface area (Å²) >= 11 is 12.3. The molecule has 0 amide bonds. The van der Waals surface area contributed by atoms with Crippen LogP contribution in [0, 0.1) is 0 Å². The van der Waals surface area contributed by atoms with E-state index in [9.17, 15) is 0 Å². The fourth-order valence-electron chi connectivity index (χ4n) is 2.49. The number of hydrogen-bond donors (Lipinski definition) is 1. The monoisotopic (exact) mass is 419 g/mol. The Morgan fingerprint density at radius 1 is 1.07 bits per heavy atom. The van der Waals surface area contributed by atoms with Crippen molar-refractivity contribution in [2.75, 3.05) is 20.7 Å². The van der Waals surface area contributed by atoms with Gasteiger partial charge in [0.1, 0.15) is 19.4 Å². The van der Waals surface area contributed by atoms with Crippen molar-refractivity contribution < 1.29 is 9.68 Å². The number of hydrogen-bond acceptors (Lipinski definition) is 5. The van der Waals surface area contributed by atoms with Crippen LogP contribution in [0.5, 0.6) is 0 Å². The summed E-state index contributed by atoms with van der Waals surface area (Å²) in [4.78, 5) is 10.5. The molecular weight excluding hydrogens is 397 g/mol. The molecule has 0 saturated carbocycles.